The zero-order chi connectivity index (χ0) is 12.6. The van der Waals surface area contributed by atoms with Gasteiger partial charge in [0.05, 0.1) is 0 Å². The number of hydrogen-bond acceptors (Lipinski definition) is 3. The van der Waals surface area contributed by atoms with E-state index in [2.05, 4.69) is 15.3 Å². The van der Waals surface area contributed by atoms with Crippen molar-refractivity contribution in [3.8, 4) is 0 Å². The Balaban J connectivity index is 2.53. The number of rotatable bonds is 2. The quantitative estimate of drug-likeness (QED) is 0.882. The zero-order valence-corrected chi connectivity index (χ0v) is 9.28. The lowest BCUT2D eigenvalue weighted by Crippen LogP contribution is -2.12. The van der Waals surface area contributed by atoms with Gasteiger partial charge in [-0.15, -0.1) is 0 Å². The summed E-state index contributed by atoms with van der Waals surface area (Å²) in [5.74, 6) is 0.345. The first kappa shape index (κ1) is 11.7. The lowest BCUT2D eigenvalue weighted by Gasteiger charge is -2.08. The number of alkyl halides is 3. The molecule has 0 spiro atoms. The van der Waals surface area contributed by atoms with Gasteiger partial charge in [0.15, 0.2) is 17.2 Å². The molecule has 0 bridgehead atoms. The maximum atomic E-state index is 12.5. The summed E-state index contributed by atoms with van der Waals surface area (Å²) in [6.45, 7) is 3.75. The number of nitrogens with zero attached hydrogens (tertiary/aromatic N) is 3. The SMILES string of the molecule is CC(C)Nc1nccn2cc(C(F)(F)F)nc12. The molecule has 0 saturated heterocycles. The number of aromatic nitrogens is 3. The summed E-state index contributed by atoms with van der Waals surface area (Å²) in [7, 11) is 0. The number of fused-ring (bicyclic) bond motifs is 1. The number of nitrogens with one attached hydrogen (secondary N) is 1. The van der Waals surface area contributed by atoms with E-state index in [0.29, 0.717) is 5.82 Å². The fraction of sp³-hybridized carbons (Fsp3) is 0.400. The lowest BCUT2D eigenvalue weighted by molar-refractivity contribution is -0.140. The predicted octanol–water partition coefficient (Wildman–Crippen LogP) is 2.57. The first-order valence-electron chi connectivity index (χ1n) is 5.05. The molecule has 17 heavy (non-hydrogen) atoms. The van der Waals surface area contributed by atoms with Gasteiger partial charge in [-0.05, 0) is 13.8 Å². The van der Waals surface area contributed by atoms with Crippen LogP contribution in [0.1, 0.15) is 19.5 Å². The summed E-state index contributed by atoms with van der Waals surface area (Å²) in [5.41, 5.74) is -0.745. The van der Waals surface area contributed by atoms with Crippen LogP contribution >= 0.6 is 0 Å². The van der Waals surface area contributed by atoms with Gasteiger partial charge in [-0.25, -0.2) is 9.97 Å². The number of halogens is 3. The van der Waals surface area contributed by atoms with Gasteiger partial charge in [-0.3, -0.25) is 0 Å². The van der Waals surface area contributed by atoms with E-state index >= 15 is 0 Å². The van der Waals surface area contributed by atoms with Crippen molar-refractivity contribution < 1.29 is 13.2 Å². The predicted molar refractivity (Wildman–Crippen MR) is 56.7 cm³/mol. The van der Waals surface area contributed by atoms with Crippen molar-refractivity contribution in [2.24, 2.45) is 0 Å². The maximum absolute atomic E-state index is 12.5. The number of hydrogen-bond donors (Lipinski definition) is 1. The minimum Gasteiger partial charge on any atom is -0.365 e. The molecule has 0 aromatic carbocycles. The summed E-state index contributed by atoms with van der Waals surface area (Å²) >= 11 is 0. The third-order valence-electron chi connectivity index (χ3n) is 2.09. The normalized spacial score (nSPS) is 12.4. The molecule has 2 heterocycles. The maximum Gasteiger partial charge on any atom is 0.434 e. The van der Waals surface area contributed by atoms with Crippen molar-refractivity contribution in [1.29, 1.82) is 0 Å². The standard InChI is InChI=1S/C10H11F3N4/c1-6(2)15-8-9-16-7(10(11,12)13)5-17(9)4-3-14-8/h3-6H,1-2H3,(H,14,15). The summed E-state index contributed by atoms with van der Waals surface area (Å²) in [5, 5.41) is 2.95. The third-order valence-corrected chi connectivity index (χ3v) is 2.09. The van der Waals surface area contributed by atoms with E-state index in [1.54, 1.807) is 0 Å². The number of anilines is 1. The van der Waals surface area contributed by atoms with Gasteiger partial charge in [0.1, 0.15) is 0 Å². The monoisotopic (exact) mass is 244 g/mol. The van der Waals surface area contributed by atoms with Crippen LogP contribution in [-0.4, -0.2) is 20.4 Å². The molecule has 0 amide bonds. The molecule has 7 heteroatoms. The topological polar surface area (TPSA) is 42.2 Å². The van der Waals surface area contributed by atoms with Gasteiger partial charge in [-0.1, -0.05) is 0 Å². The van der Waals surface area contributed by atoms with E-state index < -0.39 is 11.9 Å². The molecule has 1 N–H and O–H groups in total. The van der Waals surface area contributed by atoms with Crippen molar-refractivity contribution >= 4 is 11.5 Å². The van der Waals surface area contributed by atoms with Crippen LogP contribution in [0.5, 0.6) is 0 Å². The zero-order valence-electron chi connectivity index (χ0n) is 9.28. The van der Waals surface area contributed by atoms with Crippen LogP contribution < -0.4 is 5.32 Å². The average molecular weight is 244 g/mol. The van der Waals surface area contributed by atoms with Crippen molar-refractivity contribution in [3.05, 3.63) is 24.3 Å². The van der Waals surface area contributed by atoms with Gasteiger partial charge in [0.25, 0.3) is 0 Å². The second-order valence-electron chi connectivity index (χ2n) is 3.93. The number of imidazole rings is 1. The Hall–Kier alpha value is -1.79. The average Bonchev–Trinajstić information content (AvgIpc) is 2.60. The molecule has 2 aromatic rings. The molecular formula is C10H11F3N4. The molecule has 4 nitrogen and oxygen atoms in total. The van der Waals surface area contributed by atoms with E-state index in [1.807, 2.05) is 13.8 Å². The van der Waals surface area contributed by atoms with Crippen LogP contribution in [0.15, 0.2) is 18.6 Å². The molecule has 0 atom stereocenters. The molecule has 0 unspecified atom stereocenters. The molecule has 0 fully saturated rings. The lowest BCUT2D eigenvalue weighted by atomic mass is 10.4. The van der Waals surface area contributed by atoms with Crippen molar-refractivity contribution in [1.82, 2.24) is 14.4 Å². The Kier molecular flexibility index (Phi) is 2.68. The summed E-state index contributed by atoms with van der Waals surface area (Å²) in [6.07, 6.45) is -0.633. The van der Waals surface area contributed by atoms with Gasteiger partial charge in [-0.2, -0.15) is 13.2 Å². The molecule has 0 aliphatic heterocycles. The minimum absolute atomic E-state index is 0.0692. The Bertz CT molecular complexity index is 530. The van der Waals surface area contributed by atoms with Crippen LogP contribution in [0.2, 0.25) is 0 Å². The van der Waals surface area contributed by atoms with Crippen LogP contribution in [0.3, 0.4) is 0 Å². The molecule has 0 aliphatic carbocycles. The minimum atomic E-state index is -4.44. The highest BCUT2D eigenvalue weighted by molar-refractivity contribution is 5.63. The Morgan fingerprint density at radius 1 is 1.35 bits per heavy atom. The van der Waals surface area contributed by atoms with Crippen LogP contribution in [0.25, 0.3) is 5.65 Å². The van der Waals surface area contributed by atoms with Crippen LogP contribution in [0.4, 0.5) is 19.0 Å². The highest BCUT2D eigenvalue weighted by Crippen LogP contribution is 2.29. The van der Waals surface area contributed by atoms with E-state index in [4.69, 9.17) is 0 Å². The van der Waals surface area contributed by atoms with Gasteiger partial charge >= 0.3 is 6.18 Å². The highest BCUT2D eigenvalue weighted by atomic mass is 19.4. The van der Waals surface area contributed by atoms with E-state index in [9.17, 15) is 13.2 Å². The molecular weight excluding hydrogens is 233 g/mol. The molecule has 2 rings (SSSR count). The van der Waals surface area contributed by atoms with Crippen LogP contribution in [0, 0.1) is 0 Å². The van der Waals surface area contributed by atoms with E-state index in [-0.39, 0.29) is 11.7 Å². The summed E-state index contributed by atoms with van der Waals surface area (Å²) in [6, 6.07) is 0.0692. The Morgan fingerprint density at radius 2 is 2.06 bits per heavy atom. The summed E-state index contributed by atoms with van der Waals surface area (Å²) < 4.78 is 38.8. The third kappa shape index (κ3) is 2.32. The van der Waals surface area contributed by atoms with Crippen LogP contribution in [-0.2, 0) is 6.18 Å². The Morgan fingerprint density at radius 3 is 2.65 bits per heavy atom. The molecule has 92 valence electrons. The Labute approximate surface area is 95.5 Å². The largest absolute Gasteiger partial charge is 0.434 e. The van der Waals surface area contributed by atoms with E-state index in [1.165, 1.54) is 16.8 Å². The molecule has 2 aromatic heterocycles. The summed E-state index contributed by atoms with van der Waals surface area (Å²) in [4.78, 5) is 7.53. The van der Waals surface area contributed by atoms with Gasteiger partial charge in [0, 0.05) is 24.6 Å². The molecule has 0 radical (unpaired) electrons. The second kappa shape index (κ2) is 3.90. The second-order valence-corrected chi connectivity index (χ2v) is 3.93. The van der Waals surface area contributed by atoms with Crippen molar-refractivity contribution in [2.45, 2.75) is 26.1 Å². The molecule has 0 saturated carbocycles. The van der Waals surface area contributed by atoms with E-state index in [0.717, 1.165) is 6.20 Å². The van der Waals surface area contributed by atoms with Gasteiger partial charge < -0.3 is 9.72 Å². The van der Waals surface area contributed by atoms with Crippen molar-refractivity contribution in [3.63, 3.8) is 0 Å². The van der Waals surface area contributed by atoms with Gasteiger partial charge in [0.2, 0.25) is 0 Å². The van der Waals surface area contributed by atoms with Crippen molar-refractivity contribution in [2.75, 3.05) is 5.32 Å². The highest BCUT2D eigenvalue weighted by Gasteiger charge is 2.34. The molecule has 0 aliphatic rings. The smallest absolute Gasteiger partial charge is 0.365 e. The fourth-order valence-electron chi connectivity index (χ4n) is 1.43. The fourth-order valence-corrected chi connectivity index (χ4v) is 1.43. The first-order valence-corrected chi connectivity index (χ1v) is 5.05. The first-order chi connectivity index (χ1) is 7.88.